The van der Waals surface area contributed by atoms with Crippen LogP contribution >= 0.6 is 34.8 Å². The SMILES string of the molecule is C=CC(=O)Cc1ccccc1Nc1ncc2cc(-c3c(Cl)ccc(OC)c3F)c(=O)n(Cc3ccc(NC(=O)C=C)cc3)c2n1.C=CC(=O)Cc1ccccc1Nc1ncc2cc(-c3c(Cl)cccc3Cl)c(=O)n(Cc3ccc(NC(=O)C=C)cc3)c2n1.C=CC(=O)Cc1ccccc1Nc1ncc2cc(-c3cc(OC)cc(OC)c3)c(=O)n(Cc3ccc(NC(=O)C=C)cc3)c2n1. The molecule has 31 heteroatoms. The number of methoxy groups -OCH3 is 3. The molecule has 3 amide bonds. The maximum atomic E-state index is 15.5. The van der Waals surface area contributed by atoms with E-state index in [-0.39, 0.29) is 130 Å². The van der Waals surface area contributed by atoms with Gasteiger partial charge in [-0.25, -0.2) is 19.3 Å². The van der Waals surface area contributed by atoms with E-state index in [2.05, 4.69) is 91.3 Å². The number of benzene rings is 9. The van der Waals surface area contributed by atoms with Crippen molar-refractivity contribution in [1.29, 1.82) is 0 Å². The molecule has 133 heavy (non-hydrogen) atoms. The van der Waals surface area contributed by atoms with Crippen molar-refractivity contribution in [2.75, 3.05) is 53.2 Å². The van der Waals surface area contributed by atoms with Crippen molar-refractivity contribution in [3.05, 3.63) is 392 Å². The minimum absolute atomic E-state index is 0.00337. The molecule has 0 radical (unpaired) electrons. The summed E-state index contributed by atoms with van der Waals surface area (Å²) in [4.78, 5) is 141. The third-order valence-corrected chi connectivity index (χ3v) is 21.7. The number of amides is 3. The van der Waals surface area contributed by atoms with E-state index in [0.717, 1.165) is 28.3 Å². The van der Waals surface area contributed by atoms with Crippen molar-refractivity contribution in [1.82, 2.24) is 43.6 Å². The molecular formula is C102H83Cl3FN15O12. The van der Waals surface area contributed by atoms with E-state index >= 15 is 4.39 Å². The van der Waals surface area contributed by atoms with Crippen LogP contribution in [0.5, 0.6) is 17.2 Å². The first kappa shape index (κ1) is 93.9. The highest BCUT2D eigenvalue weighted by atomic mass is 35.5. The summed E-state index contributed by atoms with van der Waals surface area (Å²) in [6, 6.07) is 61.1. The molecule has 0 saturated carbocycles. The van der Waals surface area contributed by atoms with Crippen LogP contribution in [0.15, 0.2) is 321 Å². The number of hydrogen-bond acceptors (Lipinski definition) is 21. The largest absolute Gasteiger partial charge is 0.497 e. The molecule has 6 heterocycles. The highest BCUT2D eigenvalue weighted by Gasteiger charge is 2.25. The van der Waals surface area contributed by atoms with Crippen LogP contribution in [0.2, 0.25) is 15.1 Å². The summed E-state index contributed by atoms with van der Waals surface area (Å²) in [6.45, 7) is 21.4. The Kier molecular flexibility index (Phi) is 30.7. The maximum Gasteiger partial charge on any atom is 0.260 e. The lowest BCUT2D eigenvalue weighted by Crippen LogP contribution is -2.24. The number of hydrogen-bond donors (Lipinski definition) is 6. The Morgan fingerprint density at radius 2 is 0.699 bits per heavy atom. The molecule has 0 saturated heterocycles. The zero-order valence-corrected chi connectivity index (χ0v) is 74.1. The van der Waals surface area contributed by atoms with Gasteiger partial charge in [0, 0.05) is 111 Å². The Morgan fingerprint density at radius 3 is 1.03 bits per heavy atom. The molecule has 6 N–H and O–H groups in total. The van der Waals surface area contributed by atoms with Crippen molar-refractivity contribution >= 4 is 155 Å². The topological polar surface area (TPSA) is 346 Å². The monoisotopic (exact) mass is 1830 g/mol. The minimum atomic E-state index is -0.778. The second kappa shape index (κ2) is 43.4. The average molecular weight is 1840 g/mol. The Balaban J connectivity index is 0.000000169. The Hall–Kier alpha value is -16.7. The number of para-hydroxylation sites is 3. The second-order valence-corrected chi connectivity index (χ2v) is 30.7. The van der Waals surface area contributed by atoms with E-state index in [1.165, 1.54) is 71.0 Å². The first-order chi connectivity index (χ1) is 64.3. The molecule has 0 aliphatic rings. The lowest BCUT2D eigenvalue weighted by Gasteiger charge is -2.16. The van der Waals surface area contributed by atoms with Gasteiger partial charge >= 0.3 is 0 Å². The summed E-state index contributed by atoms with van der Waals surface area (Å²) in [5.41, 5.74) is 9.64. The minimum Gasteiger partial charge on any atom is -0.497 e. The lowest BCUT2D eigenvalue weighted by molar-refractivity contribution is -0.114. The number of nitrogens with one attached hydrogen (secondary N) is 6. The van der Waals surface area contributed by atoms with Gasteiger partial charge in [-0.3, -0.25) is 56.9 Å². The normalized spacial score (nSPS) is 10.7. The van der Waals surface area contributed by atoms with Gasteiger partial charge in [-0.1, -0.05) is 171 Å². The van der Waals surface area contributed by atoms with Crippen LogP contribution in [0.3, 0.4) is 0 Å². The molecule has 0 aliphatic heterocycles. The standard InChI is InChI=1S/C35H31N5O5.C34H27ClFN5O4.C33H25Cl2N5O3/c1-5-27(41)15-23-9-7-8-10-31(23)38-35-36-20-25-18-30(24-16-28(44-3)19-29(17-24)45-4)34(43)40(33(25)39-35)21-22-11-13-26(14-12-22)37-32(42)6-2;1-4-24(42)16-21-8-6-7-9-27(21)39-34-37-18-22-17-25(30-26(35)14-15-28(45-3)31(30)36)33(44)41(32(22)40-34)19-20-10-12-23(13-11-20)38-29(43)5-2;1-3-24(41)16-21-8-5-6-11-28(21)38-33-36-18-22-17-25(30-26(34)9-7-10-27(30)35)32(43)40(31(22)39-33)19-20-12-14-23(15-13-20)37-29(42)4-2/h5-14,16-20H,1-2,15,21H2,3-4H3,(H,37,42)(H,36,38,39);4-15,17-18H,1-2,16,19H2,3H3,(H,38,43)(H,37,39,40);3-15,17-18H,1-2,16,19H2,(H,37,42)(H,36,38,39). The number of anilines is 9. The van der Waals surface area contributed by atoms with Crippen molar-refractivity contribution in [2.45, 2.75) is 38.9 Å². The van der Waals surface area contributed by atoms with Crippen molar-refractivity contribution in [2.24, 2.45) is 0 Å². The fourth-order valence-corrected chi connectivity index (χ4v) is 14.9. The number of carbonyl (C=O) groups is 6. The van der Waals surface area contributed by atoms with Gasteiger partial charge in [-0.15, -0.1) is 0 Å². The lowest BCUT2D eigenvalue weighted by atomic mass is 10.0. The van der Waals surface area contributed by atoms with Gasteiger partial charge in [0.2, 0.25) is 35.6 Å². The van der Waals surface area contributed by atoms with Crippen LogP contribution in [0.25, 0.3) is 66.5 Å². The zero-order chi connectivity index (χ0) is 94.5. The Labute approximate surface area is 776 Å². The quantitative estimate of drug-likeness (QED) is 0.0208. The van der Waals surface area contributed by atoms with Crippen molar-refractivity contribution < 1.29 is 47.4 Å². The predicted molar refractivity (Wildman–Crippen MR) is 521 cm³/mol. The van der Waals surface area contributed by atoms with E-state index in [1.54, 1.807) is 159 Å². The maximum absolute atomic E-state index is 15.5. The summed E-state index contributed by atoms with van der Waals surface area (Å²) in [6.07, 6.45) is 12.6. The van der Waals surface area contributed by atoms with Crippen molar-refractivity contribution in [3.8, 4) is 50.6 Å². The van der Waals surface area contributed by atoms with E-state index in [9.17, 15) is 43.2 Å². The molecule has 15 rings (SSSR count). The van der Waals surface area contributed by atoms with Gasteiger partial charge < -0.3 is 46.1 Å². The zero-order valence-electron chi connectivity index (χ0n) is 71.8. The summed E-state index contributed by atoms with van der Waals surface area (Å²) >= 11 is 19.4. The molecule has 0 aliphatic carbocycles. The van der Waals surface area contributed by atoms with Crippen LogP contribution in [0.1, 0.15) is 33.4 Å². The summed E-state index contributed by atoms with van der Waals surface area (Å²) in [7, 11) is 4.42. The van der Waals surface area contributed by atoms with Crippen LogP contribution < -0.4 is 62.8 Å². The number of rotatable bonds is 33. The van der Waals surface area contributed by atoms with Crippen LogP contribution in [0.4, 0.5) is 56.4 Å². The molecule has 0 unspecified atom stereocenters. The average Bonchev–Trinajstić information content (AvgIpc) is 0.772. The number of allylic oxidation sites excluding steroid dienone is 3. The Morgan fingerprint density at radius 1 is 0.376 bits per heavy atom. The van der Waals surface area contributed by atoms with Crippen LogP contribution in [-0.4, -0.2) is 100 Å². The predicted octanol–water partition coefficient (Wildman–Crippen LogP) is 19.1. The van der Waals surface area contributed by atoms with Crippen LogP contribution in [-0.2, 0) is 67.7 Å². The van der Waals surface area contributed by atoms with Gasteiger partial charge in [0.25, 0.3) is 16.7 Å². The molecule has 6 aromatic heterocycles. The van der Waals surface area contributed by atoms with E-state index in [4.69, 9.17) is 59.0 Å². The van der Waals surface area contributed by atoms with Crippen LogP contribution in [0, 0.1) is 5.82 Å². The number of carbonyl (C=O) groups excluding carboxylic acids is 6. The Bertz CT molecular complexity index is 7290. The van der Waals surface area contributed by atoms with Gasteiger partial charge in [-0.05, 0) is 185 Å². The summed E-state index contributed by atoms with van der Waals surface area (Å²) in [5, 5.41) is 20.0. The van der Waals surface area contributed by atoms with Crippen molar-refractivity contribution in [3.63, 3.8) is 0 Å². The van der Waals surface area contributed by atoms with Gasteiger partial charge in [0.15, 0.2) is 28.9 Å². The molecule has 0 spiro atoms. The first-order valence-electron chi connectivity index (χ1n) is 40.8. The number of aromatic nitrogens is 9. The molecule has 27 nitrogen and oxygen atoms in total. The highest BCUT2D eigenvalue weighted by molar-refractivity contribution is 6.39. The molecule has 0 atom stereocenters. The number of pyridine rings is 3. The number of nitrogens with zero attached hydrogens (tertiary/aromatic N) is 9. The molecule has 0 bridgehead atoms. The third kappa shape index (κ3) is 22.9. The third-order valence-electron chi connectivity index (χ3n) is 20.7. The van der Waals surface area contributed by atoms with Gasteiger partial charge in [0.05, 0.1) is 67.2 Å². The molecular weight excluding hydrogens is 1750 g/mol. The fourth-order valence-electron chi connectivity index (χ4n) is 14.1. The number of ketones is 3. The smallest absolute Gasteiger partial charge is 0.260 e. The number of ether oxygens (including phenoxy) is 3. The van der Waals surface area contributed by atoms with E-state index in [1.807, 2.05) is 66.7 Å². The highest BCUT2D eigenvalue weighted by Crippen LogP contribution is 2.39. The first-order valence-corrected chi connectivity index (χ1v) is 41.9. The summed E-state index contributed by atoms with van der Waals surface area (Å²) in [5.74, 6) is -0.489. The van der Waals surface area contributed by atoms with Gasteiger partial charge in [0.1, 0.15) is 28.4 Å². The molecule has 666 valence electrons. The summed E-state index contributed by atoms with van der Waals surface area (Å²) < 4.78 is 36.1. The molecule has 9 aromatic carbocycles. The van der Waals surface area contributed by atoms with E-state index < -0.39 is 11.4 Å². The number of halogens is 4. The number of fused-ring (bicyclic) bond motifs is 3. The van der Waals surface area contributed by atoms with E-state index in [0.29, 0.717) is 117 Å². The molecule has 0 fully saturated rings. The fraction of sp³-hybridized carbons (Fsp3) is 0.0882. The molecule has 15 aromatic rings. The van der Waals surface area contributed by atoms with Gasteiger partial charge in [-0.2, -0.15) is 15.0 Å². The second-order valence-electron chi connectivity index (χ2n) is 29.5.